The molecule has 20 heavy (non-hydrogen) atoms. The molecule has 2 rings (SSSR count). The number of amides is 2. The Balaban J connectivity index is 2.14. The fourth-order valence-corrected chi connectivity index (χ4v) is 2.49. The van der Waals surface area contributed by atoms with E-state index in [4.69, 9.17) is 4.74 Å². The zero-order valence-corrected chi connectivity index (χ0v) is 12.4. The standard InChI is InChI=1S/C13H13BrN2O4/c1-20-6-5-15-10(17)7-16-9-4-2-3-8(14)11(9)12(18)13(16)19/h2-4H,5-7H2,1H3,(H,15,17). The van der Waals surface area contributed by atoms with Crippen LogP contribution in [0.2, 0.25) is 0 Å². The van der Waals surface area contributed by atoms with Crippen molar-refractivity contribution in [3.8, 4) is 0 Å². The minimum absolute atomic E-state index is 0.183. The minimum atomic E-state index is -0.686. The van der Waals surface area contributed by atoms with Crippen LogP contribution in [-0.4, -0.2) is 44.4 Å². The molecule has 0 aliphatic carbocycles. The lowest BCUT2D eigenvalue weighted by molar-refractivity contribution is -0.122. The molecule has 0 spiro atoms. The van der Waals surface area contributed by atoms with Gasteiger partial charge in [-0.25, -0.2) is 0 Å². The Morgan fingerprint density at radius 1 is 1.40 bits per heavy atom. The molecule has 0 bridgehead atoms. The fraction of sp³-hybridized carbons (Fsp3) is 0.308. The van der Waals surface area contributed by atoms with Crippen LogP contribution in [-0.2, 0) is 14.3 Å². The highest BCUT2D eigenvalue weighted by molar-refractivity contribution is 9.10. The van der Waals surface area contributed by atoms with Crippen molar-refractivity contribution >= 4 is 39.2 Å². The van der Waals surface area contributed by atoms with Gasteiger partial charge in [0.05, 0.1) is 17.9 Å². The third-order valence-electron chi connectivity index (χ3n) is 2.88. The average molecular weight is 341 g/mol. The number of benzene rings is 1. The highest BCUT2D eigenvalue weighted by atomic mass is 79.9. The fourth-order valence-electron chi connectivity index (χ4n) is 1.95. The number of halogens is 1. The van der Waals surface area contributed by atoms with E-state index in [0.29, 0.717) is 28.9 Å². The largest absolute Gasteiger partial charge is 0.383 e. The highest BCUT2D eigenvalue weighted by Crippen LogP contribution is 2.33. The second kappa shape index (κ2) is 6.15. The van der Waals surface area contributed by atoms with Gasteiger partial charge in [-0.1, -0.05) is 6.07 Å². The number of ether oxygens (including phenoxy) is 1. The van der Waals surface area contributed by atoms with Crippen molar-refractivity contribution in [3.05, 3.63) is 28.2 Å². The summed E-state index contributed by atoms with van der Waals surface area (Å²) in [6.07, 6.45) is 0. The van der Waals surface area contributed by atoms with E-state index in [1.165, 1.54) is 12.0 Å². The van der Waals surface area contributed by atoms with Crippen molar-refractivity contribution in [1.29, 1.82) is 0 Å². The molecule has 0 unspecified atom stereocenters. The molecule has 7 heteroatoms. The molecular weight excluding hydrogens is 328 g/mol. The number of nitrogens with zero attached hydrogens (tertiary/aromatic N) is 1. The van der Waals surface area contributed by atoms with Crippen LogP contribution >= 0.6 is 15.9 Å². The molecule has 2 amide bonds. The molecular formula is C13H13BrN2O4. The Morgan fingerprint density at radius 3 is 2.85 bits per heavy atom. The smallest absolute Gasteiger partial charge is 0.299 e. The number of fused-ring (bicyclic) bond motifs is 1. The van der Waals surface area contributed by atoms with Gasteiger partial charge >= 0.3 is 0 Å². The van der Waals surface area contributed by atoms with E-state index in [1.807, 2.05) is 0 Å². The molecule has 1 aliphatic heterocycles. The second-order valence-electron chi connectivity index (χ2n) is 4.20. The molecule has 1 heterocycles. The monoisotopic (exact) mass is 340 g/mol. The summed E-state index contributed by atoms with van der Waals surface area (Å²) in [4.78, 5) is 36.7. The maximum absolute atomic E-state index is 11.9. The molecule has 0 aromatic heterocycles. The van der Waals surface area contributed by atoms with Gasteiger partial charge in [0.1, 0.15) is 6.54 Å². The number of Topliss-reactive ketones (excluding diaryl/α,β-unsaturated/α-hetero) is 1. The number of anilines is 1. The van der Waals surface area contributed by atoms with Crippen molar-refractivity contribution in [2.24, 2.45) is 0 Å². The Morgan fingerprint density at radius 2 is 2.15 bits per heavy atom. The van der Waals surface area contributed by atoms with Gasteiger partial charge in [0, 0.05) is 18.1 Å². The van der Waals surface area contributed by atoms with E-state index in [9.17, 15) is 14.4 Å². The Bertz CT molecular complexity index is 573. The SMILES string of the molecule is COCCNC(=O)CN1C(=O)C(=O)c2c(Br)cccc21. The Kier molecular flexibility index (Phi) is 4.51. The summed E-state index contributed by atoms with van der Waals surface area (Å²) >= 11 is 3.24. The molecule has 6 nitrogen and oxygen atoms in total. The summed E-state index contributed by atoms with van der Waals surface area (Å²) < 4.78 is 5.37. The first-order valence-corrected chi connectivity index (χ1v) is 6.76. The molecule has 1 N–H and O–H groups in total. The summed E-state index contributed by atoms with van der Waals surface area (Å²) in [5.74, 6) is -1.62. The third-order valence-corrected chi connectivity index (χ3v) is 3.54. The van der Waals surface area contributed by atoms with E-state index in [2.05, 4.69) is 21.2 Å². The van der Waals surface area contributed by atoms with Crippen molar-refractivity contribution in [2.75, 3.05) is 31.7 Å². The van der Waals surface area contributed by atoms with Crippen LogP contribution in [0.5, 0.6) is 0 Å². The summed E-state index contributed by atoms with van der Waals surface area (Å²) in [5, 5.41) is 2.61. The first-order chi connectivity index (χ1) is 9.56. The van der Waals surface area contributed by atoms with Crippen LogP contribution in [0.1, 0.15) is 10.4 Å². The maximum Gasteiger partial charge on any atom is 0.299 e. The van der Waals surface area contributed by atoms with Crippen LogP contribution < -0.4 is 10.2 Å². The first-order valence-electron chi connectivity index (χ1n) is 5.96. The normalized spacial score (nSPS) is 13.6. The Hall–Kier alpha value is -1.73. The van der Waals surface area contributed by atoms with Crippen molar-refractivity contribution in [3.63, 3.8) is 0 Å². The number of hydrogen-bond acceptors (Lipinski definition) is 4. The molecule has 1 aromatic carbocycles. The predicted octanol–water partition coefficient (Wildman–Crippen LogP) is 0.741. The molecule has 1 aromatic rings. The molecule has 0 fully saturated rings. The predicted molar refractivity (Wildman–Crippen MR) is 75.7 cm³/mol. The van der Waals surface area contributed by atoms with Gasteiger partial charge in [0.15, 0.2) is 0 Å². The van der Waals surface area contributed by atoms with Crippen LogP contribution in [0.25, 0.3) is 0 Å². The van der Waals surface area contributed by atoms with Crippen LogP contribution in [0.3, 0.4) is 0 Å². The lowest BCUT2D eigenvalue weighted by atomic mass is 10.1. The van der Waals surface area contributed by atoms with Crippen molar-refractivity contribution in [2.45, 2.75) is 0 Å². The highest BCUT2D eigenvalue weighted by Gasteiger charge is 2.38. The number of nitrogens with one attached hydrogen (secondary N) is 1. The number of carbonyl (C=O) groups excluding carboxylic acids is 3. The second-order valence-corrected chi connectivity index (χ2v) is 5.05. The minimum Gasteiger partial charge on any atom is -0.383 e. The lowest BCUT2D eigenvalue weighted by Crippen LogP contribution is -2.41. The number of ketones is 1. The summed E-state index contributed by atoms with van der Waals surface area (Å²) in [7, 11) is 1.53. The molecule has 106 valence electrons. The average Bonchev–Trinajstić information content (AvgIpc) is 2.65. The van der Waals surface area contributed by atoms with E-state index in [1.54, 1.807) is 18.2 Å². The zero-order chi connectivity index (χ0) is 14.7. The number of carbonyl (C=O) groups is 3. The topological polar surface area (TPSA) is 75.7 Å². The molecule has 1 aliphatic rings. The van der Waals surface area contributed by atoms with Gasteiger partial charge in [-0.15, -0.1) is 0 Å². The van der Waals surface area contributed by atoms with Gasteiger partial charge in [0.25, 0.3) is 11.7 Å². The van der Waals surface area contributed by atoms with Gasteiger partial charge in [-0.3, -0.25) is 19.3 Å². The number of hydrogen-bond donors (Lipinski definition) is 1. The molecule has 0 saturated carbocycles. The van der Waals surface area contributed by atoms with Crippen molar-refractivity contribution in [1.82, 2.24) is 5.32 Å². The first kappa shape index (κ1) is 14.7. The number of methoxy groups -OCH3 is 1. The number of rotatable bonds is 5. The van der Waals surface area contributed by atoms with Crippen LogP contribution in [0.4, 0.5) is 5.69 Å². The maximum atomic E-state index is 11.9. The van der Waals surface area contributed by atoms with Gasteiger partial charge in [-0.05, 0) is 28.1 Å². The van der Waals surface area contributed by atoms with Crippen LogP contribution in [0.15, 0.2) is 22.7 Å². The van der Waals surface area contributed by atoms with E-state index >= 15 is 0 Å². The van der Waals surface area contributed by atoms with E-state index in [0.717, 1.165) is 0 Å². The third kappa shape index (κ3) is 2.73. The Labute approximate surface area is 124 Å². The van der Waals surface area contributed by atoms with Gasteiger partial charge in [-0.2, -0.15) is 0 Å². The van der Waals surface area contributed by atoms with Gasteiger partial charge < -0.3 is 10.1 Å². The molecule has 0 saturated heterocycles. The van der Waals surface area contributed by atoms with E-state index < -0.39 is 11.7 Å². The summed E-state index contributed by atoms with van der Waals surface area (Å²) in [6, 6.07) is 5.04. The molecule has 0 atom stereocenters. The van der Waals surface area contributed by atoms with E-state index in [-0.39, 0.29) is 12.5 Å². The summed E-state index contributed by atoms with van der Waals surface area (Å²) in [6.45, 7) is 0.565. The van der Waals surface area contributed by atoms with Gasteiger partial charge in [0.2, 0.25) is 5.91 Å². The molecule has 0 radical (unpaired) electrons. The van der Waals surface area contributed by atoms with Crippen LogP contribution in [0, 0.1) is 0 Å². The lowest BCUT2D eigenvalue weighted by Gasteiger charge is -2.16. The summed E-state index contributed by atoms with van der Waals surface area (Å²) in [5.41, 5.74) is 0.762. The quantitative estimate of drug-likeness (QED) is 0.633. The van der Waals surface area contributed by atoms with Crippen molar-refractivity contribution < 1.29 is 19.1 Å². The zero-order valence-electron chi connectivity index (χ0n) is 10.8.